The van der Waals surface area contributed by atoms with Gasteiger partial charge in [-0.15, -0.1) is 0 Å². The van der Waals surface area contributed by atoms with Crippen LogP contribution in [-0.2, 0) is 0 Å². The maximum Gasteiger partial charge on any atom is 0.258 e. The van der Waals surface area contributed by atoms with Crippen molar-refractivity contribution in [2.24, 2.45) is 0 Å². The van der Waals surface area contributed by atoms with Crippen LogP contribution in [0.15, 0.2) is 36.4 Å². The van der Waals surface area contributed by atoms with Gasteiger partial charge in [0.2, 0.25) is 0 Å². The van der Waals surface area contributed by atoms with E-state index < -0.39 is 0 Å². The first-order chi connectivity index (χ1) is 9.93. The second kappa shape index (κ2) is 6.00. The number of benzene rings is 2. The number of methoxy groups -OCH3 is 1. The third-order valence-corrected chi connectivity index (χ3v) is 3.82. The fourth-order valence-corrected chi connectivity index (χ4v) is 2.26. The van der Waals surface area contributed by atoms with E-state index in [1.54, 1.807) is 25.1 Å². The van der Waals surface area contributed by atoms with Gasteiger partial charge in [0.05, 0.1) is 7.11 Å². The van der Waals surface area contributed by atoms with Crippen LogP contribution in [-0.4, -0.2) is 20.1 Å². The molecule has 0 atom stereocenters. The molecular formula is C18H21NO2. The highest BCUT2D eigenvalue weighted by molar-refractivity contribution is 6.06. The number of amides is 1. The summed E-state index contributed by atoms with van der Waals surface area (Å²) in [6.07, 6.45) is 0. The zero-order valence-corrected chi connectivity index (χ0v) is 13.2. The third-order valence-electron chi connectivity index (χ3n) is 3.82. The van der Waals surface area contributed by atoms with E-state index in [9.17, 15) is 4.79 Å². The molecule has 2 rings (SSSR count). The van der Waals surface area contributed by atoms with E-state index in [2.05, 4.69) is 13.8 Å². The van der Waals surface area contributed by atoms with Crippen molar-refractivity contribution in [3.8, 4) is 5.75 Å². The highest BCUT2D eigenvalue weighted by atomic mass is 16.5. The van der Waals surface area contributed by atoms with Gasteiger partial charge >= 0.3 is 0 Å². The summed E-state index contributed by atoms with van der Waals surface area (Å²) in [6, 6.07) is 11.5. The largest absolute Gasteiger partial charge is 0.496 e. The maximum atomic E-state index is 12.6. The van der Waals surface area contributed by atoms with Crippen molar-refractivity contribution in [1.82, 2.24) is 0 Å². The molecule has 0 aliphatic rings. The van der Waals surface area contributed by atoms with E-state index in [-0.39, 0.29) is 5.91 Å². The van der Waals surface area contributed by atoms with Crippen LogP contribution in [0.3, 0.4) is 0 Å². The normalized spacial score (nSPS) is 10.3. The second-order valence-electron chi connectivity index (χ2n) is 5.32. The van der Waals surface area contributed by atoms with Gasteiger partial charge in [-0.25, -0.2) is 0 Å². The smallest absolute Gasteiger partial charge is 0.258 e. The van der Waals surface area contributed by atoms with E-state index in [1.807, 2.05) is 37.3 Å². The Bertz CT molecular complexity index is 677. The number of nitrogens with zero attached hydrogens (tertiary/aromatic N) is 1. The van der Waals surface area contributed by atoms with Gasteiger partial charge in [0.15, 0.2) is 0 Å². The summed E-state index contributed by atoms with van der Waals surface area (Å²) in [7, 11) is 3.43. The quantitative estimate of drug-likeness (QED) is 0.855. The van der Waals surface area contributed by atoms with Crippen molar-refractivity contribution >= 4 is 11.6 Å². The zero-order chi connectivity index (χ0) is 15.6. The van der Waals surface area contributed by atoms with Crippen molar-refractivity contribution in [2.45, 2.75) is 20.8 Å². The molecule has 3 nitrogen and oxygen atoms in total. The van der Waals surface area contributed by atoms with Crippen molar-refractivity contribution in [3.05, 3.63) is 58.7 Å². The number of ether oxygens (including phenoxy) is 1. The van der Waals surface area contributed by atoms with Crippen LogP contribution in [0.4, 0.5) is 5.69 Å². The Kier molecular flexibility index (Phi) is 4.32. The minimum atomic E-state index is -0.0241. The monoisotopic (exact) mass is 283 g/mol. The fraction of sp³-hybridized carbons (Fsp3) is 0.278. The molecule has 3 heteroatoms. The molecule has 2 aromatic carbocycles. The number of rotatable bonds is 3. The van der Waals surface area contributed by atoms with Crippen molar-refractivity contribution in [3.63, 3.8) is 0 Å². The summed E-state index contributed by atoms with van der Waals surface area (Å²) in [6.45, 7) is 6.05. The molecule has 0 heterocycles. The average Bonchev–Trinajstić information content (AvgIpc) is 2.48. The maximum absolute atomic E-state index is 12.6. The molecule has 0 aliphatic carbocycles. The van der Waals surface area contributed by atoms with E-state index in [0.717, 1.165) is 17.0 Å². The minimum absolute atomic E-state index is 0.0241. The molecule has 1 amide bonds. The summed E-state index contributed by atoms with van der Waals surface area (Å²) >= 11 is 0. The van der Waals surface area contributed by atoms with E-state index >= 15 is 0 Å². The van der Waals surface area contributed by atoms with Gasteiger partial charge in [0, 0.05) is 18.3 Å². The highest BCUT2D eigenvalue weighted by Crippen LogP contribution is 2.22. The van der Waals surface area contributed by atoms with E-state index in [1.165, 1.54) is 11.1 Å². The van der Waals surface area contributed by atoms with Gasteiger partial charge in [0.25, 0.3) is 5.91 Å². The van der Waals surface area contributed by atoms with Gasteiger partial charge < -0.3 is 9.64 Å². The van der Waals surface area contributed by atoms with Crippen molar-refractivity contribution in [1.29, 1.82) is 0 Å². The Balaban J connectivity index is 2.30. The molecule has 0 fully saturated rings. The lowest BCUT2D eigenvalue weighted by Crippen LogP contribution is -2.26. The number of aryl methyl sites for hydroxylation is 3. The SMILES string of the molecule is COc1ccc(C(=O)N(C)c2ccc(C)c(C)c2)cc1C. The van der Waals surface area contributed by atoms with Gasteiger partial charge in [-0.3, -0.25) is 4.79 Å². The first-order valence-corrected chi connectivity index (χ1v) is 6.94. The van der Waals surface area contributed by atoms with E-state index in [0.29, 0.717) is 5.56 Å². The molecule has 0 bridgehead atoms. The molecule has 110 valence electrons. The molecule has 2 aromatic rings. The van der Waals surface area contributed by atoms with Crippen LogP contribution in [0.5, 0.6) is 5.75 Å². The predicted octanol–water partition coefficient (Wildman–Crippen LogP) is 3.90. The Morgan fingerprint density at radius 2 is 1.67 bits per heavy atom. The molecule has 0 spiro atoms. The highest BCUT2D eigenvalue weighted by Gasteiger charge is 2.15. The number of carbonyl (C=O) groups excluding carboxylic acids is 1. The summed E-state index contributed by atoms with van der Waals surface area (Å²) < 4.78 is 5.23. The second-order valence-corrected chi connectivity index (χ2v) is 5.32. The number of carbonyl (C=O) groups is 1. The number of hydrogen-bond donors (Lipinski definition) is 0. The Morgan fingerprint density at radius 1 is 0.952 bits per heavy atom. The summed E-state index contributed by atoms with van der Waals surface area (Å²) in [5.41, 5.74) is 4.92. The van der Waals surface area contributed by atoms with Crippen molar-refractivity contribution in [2.75, 3.05) is 19.1 Å². The molecule has 0 aromatic heterocycles. The Morgan fingerprint density at radius 3 is 2.24 bits per heavy atom. The van der Waals surface area contributed by atoms with E-state index in [4.69, 9.17) is 4.74 Å². The zero-order valence-electron chi connectivity index (χ0n) is 13.2. The number of hydrogen-bond acceptors (Lipinski definition) is 2. The Hall–Kier alpha value is -2.29. The lowest BCUT2D eigenvalue weighted by Gasteiger charge is -2.19. The van der Waals surface area contributed by atoms with Crippen LogP contribution in [0.1, 0.15) is 27.0 Å². The first-order valence-electron chi connectivity index (χ1n) is 6.94. The van der Waals surface area contributed by atoms with Gasteiger partial charge in [-0.1, -0.05) is 6.07 Å². The van der Waals surface area contributed by atoms with Gasteiger partial charge in [-0.05, 0) is 67.8 Å². The molecule has 0 aliphatic heterocycles. The van der Waals surface area contributed by atoms with Gasteiger partial charge in [0.1, 0.15) is 5.75 Å². The molecular weight excluding hydrogens is 262 g/mol. The molecule has 21 heavy (non-hydrogen) atoms. The standard InChI is InChI=1S/C18H21NO2/c1-12-6-8-16(11-13(12)2)19(4)18(20)15-7-9-17(21-5)14(3)10-15/h6-11H,1-5H3. The first kappa shape index (κ1) is 15.1. The van der Waals surface area contributed by atoms with Crippen LogP contribution in [0.2, 0.25) is 0 Å². The van der Waals surface area contributed by atoms with Crippen LogP contribution in [0, 0.1) is 20.8 Å². The molecule has 0 radical (unpaired) electrons. The lowest BCUT2D eigenvalue weighted by atomic mass is 10.1. The fourth-order valence-electron chi connectivity index (χ4n) is 2.26. The van der Waals surface area contributed by atoms with Crippen LogP contribution < -0.4 is 9.64 Å². The van der Waals surface area contributed by atoms with Gasteiger partial charge in [-0.2, -0.15) is 0 Å². The average molecular weight is 283 g/mol. The predicted molar refractivity (Wildman–Crippen MR) is 86.4 cm³/mol. The minimum Gasteiger partial charge on any atom is -0.496 e. The summed E-state index contributed by atoms with van der Waals surface area (Å²) in [5, 5.41) is 0. The molecule has 0 unspecified atom stereocenters. The molecule has 0 saturated carbocycles. The third kappa shape index (κ3) is 3.07. The molecule has 0 N–H and O–H groups in total. The summed E-state index contributed by atoms with van der Waals surface area (Å²) in [5.74, 6) is 0.768. The Labute approximate surface area is 126 Å². The number of anilines is 1. The lowest BCUT2D eigenvalue weighted by molar-refractivity contribution is 0.0993. The summed E-state index contributed by atoms with van der Waals surface area (Å²) in [4.78, 5) is 14.3. The van der Waals surface area contributed by atoms with Crippen molar-refractivity contribution < 1.29 is 9.53 Å². The topological polar surface area (TPSA) is 29.5 Å². The van der Waals surface area contributed by atoms with Crippen LogP contribution >= 0.6 is 0 Å². The van der Waals surface area contributed by atoms with Crippen LogP contribution in [0.25, 0.3) is 0 Å². The molecule has 0 saturated heterocycles.